The molecule has 120 valence electrons. The normalized spacial score (nSPS) is 16.6. The SMILES string of the molecule is CC(C)N(C)S(=O)(=O)N(C)CC(=O)N1CCNCC1.Cl. The molecule has 1 aliphatic heterocycles. The standard InChI is InChI=1S/C11H24N4O3S.ClH/c1-10(2)14(4)19(17,18)13(3)9-11(16)15-7-5-12-6-8-15;/h10,12H,5-9H2,1-4H3;1H. The largest absolute Gasteiger partial charge is 0.339 e. The van der Waals surface area contributed by atoms with Gasteiger partial charge in [-0.3, -0.25) is 4.79 Å². The van der Waals surface area contributed by atoms with Gasteiger partial charge in [-0.1, -0.05) is 0 Å². The van der Waals surface area contributed by atoms with Crippen LogP contribution in [0.1, 0.15) is 13.8 Å². The van der Waals surface area contributed by atoms with Crippen LogP contribution in [0.25, 0.3) is 0 Å². The van der Waals surface area contributed by atoms with Crippen LogP contribution in [0, 0.1) is 0 Å². The first-order valence-corrected chi connectivity index (χ1v) is 7.84. The van der Waals surface area contributed by atoms with Crippen molar-refractivity contribution >= 4 is 28.5 Å². The molecule has 1 fully saturated rings. The summed E-state index contributed by atoms with van der Waals surface area (Å²) in [4.78, 5) is 13.7. The number of nitrogens with one attached hydrogen (secondary N) is 1. The highest BCUT2D eigenvalue weighted by molar-refractivity contribution is 7.86. The third-order valence-corrected chi connectivity index (χ3v) is 5.38. The fraction of sp³-hybridized carbons (Fsp3) is 0.909. The van der Waals surface area contributed by atoms with Crippen molar-refractivity contribution in [3.05, 3.63) is 0 Å². The Hall–Kier alpha value is -0.410. The molecule has 0 bridgehead atoms. The van der Waals surface area contributed by atoms with Crippen LogP contribution < -0.4 is 5.32 Å². The minimum Gasteiger partial charge on any atom is -0.339 e. The molecule has 0 aromatic carbocycles. The fourth-order valence-electron chi connectivity index (χ4n) is 1.77. The molecule has 1 aliphatic rings. The molecule has 0 aliphatic carbocycles. The molecule has 1 saturated heterocycles. The van der Waals surface area contributed by atoms with Gasteiger partial charge in [-0.25, -0.2) is 0 Å². The van der Waals surface area contributed by atoms with E-state index >= 15 is 0 Å². The van der Waals surface area contributed by atoms with Crippen LogP contribution in [0.5, 0.6) is 0 Å². The van der Waals surface area contributed by atoms with Crippen molar-refractivity contribution in [1.82, 2.24) is 18.8 Å². The Kier molecular flexibility index (Phi) is 7.97. The lowest BCUT2D eigenvalue weighted by molar-refractivity contribution is -0.131. The number of piperazine rings is 1. The Morgan fingerprint density at radius 2 is 1.75 bits per heavy atom. The van der Waals surface area contributed by atoms with E-state index in [1.165, 1.54) is 18.4 Å². The van der Waals surface area contributed by atoms with E-state index in [0.29, 0.717) is 13.1 Å². The van der Waals surface area contributed by atoms with Crippen LogP contribution in [0.15, 0.2) is 0 Å². The van der Waals surface area contributed by atoms with Crippen LogP contribution >= 0.6 is 12.4 Å². The highest BCUT2D eigenvalue weighted by atomic mass is 35.5. The van der Waals surface area contributed by atoms with E-state index in [2.05, 4.69) is 5.32 Å². The molecule has 0 unspecified atom stereocenters. The third kappa shape index (κ3) is 4.85. The second kappa shape index (κ2) is 8.14. The number of nitrogens with zero attached hydrogens (tertiary/aromatic N) is 3. The van der Waals surface area contributed by atoms with E-state index in [0.717, 1.165) is 17.4 Å². The van der Waals surface area contributed by atoms with Gasteiger partial charge in [0.15, 0.2) is 0 Å². The summed E-state index contributed by atoms with van der Waals surface area (Å²) in [5.74, 6) is -0.148. The average Bonchev–Trinajstić information content (AvgIpc) is 2.38. The molecule has 0 aromatic rings. The number of likely N-dealkylation sites (N-methyl/N-ethyl adjacent to an activating group) is 1. The molecule has 0 aromatic heterocycles. The number of hydrogen-bond acceptors (Lipinski definition) is 4. The predicted molar refractivity (Wildman–Crippen MR) is 81.1 cm³/mol. The molecule has 9 heteroatoms. The average molecular weight is 329 g/mol. The van der Waals surface area contributed by atoms with Gasteiger partial charge in [0.25, 0.3) is 10.2 Å². The van der Waals surface area contributed by atoms with Crippen molar-refractivity contribution in [2.24, 2.45) is 0 Å². The fourth-order valence-corrected chi connectivity index (χ4v) is 3.02. The minimum atomic E-state index is -3.57. The van der Waals surface area contributed by atoms with Crippen molar-refractivity contribution < 1.29 is 13.2 Å². The predicted octanol–water partition coefficient (Wildman–Crippen LogP) is -0.643. The summed E-state index contributed by atoms with van der Waals surface area (Å²) in [6.45, 7) is 6.26. The first-order chi connectivity index (χ1) is 8.76. The molecule has 20 heavy (non-hydrogen) atoms. The van der Waals surface area contributed by atoms with Crippen molar-refractivity contribution in [3.8, 4) is 0 Å². The molecule has 0 atom stereocenters. The van der Waals surface area contributed by atoms with Crippen molar-refractivity contribution in [3.63, 3.8) is 0 Å². The Morgan fingerprint density at radius 1 is 1.25 bits per heavy atom. The van der Waals surface area contributed by atoms with Gasteiger partial charge in [-0.05, 0) is 13.8 Å². The Morgan fingerprint density at radius 3 is 2.20 bits per heavy atom. The zero-order valence-electron chi connectivity index (χ0n) is 12.5. The van der Waals surface area contributed by atoms with E-state index in [9.17, 15) is 13.2 Å². The molecular formula is C11H25ClN4O3S. The summed E-state index contributed by atoms with van der Waals surface area (Å²) in [6, 6.07) is -0.137. The van der Waals surface area contributed by atoms with Gasteiger partial charge in [0.1, 0.15) is 0 Å². The molecule has 0 spiro atoms. The maximum absolute atomic E-state index is 12.2. The lowest BCUT2D eigenvalue weighted by Crippen LogP contribution is -2.51. The van der Waals surface area contributed by atoms with Gasteiger partial charge in [-0.15, -0.1) is 12.4 Å². The van der Waals surface area contributed by atoms with E-state index < -0.39 is 10.2 Å². The Bertz CT molecular complexity index is 410. The van der Waals surface area contributed by atoms with Gasteiger partial charge < -0.3 is 10.2 Å². The first kappa shape index (κ1) is 19.6. The van der Waals surface area contributed by atoms with E-state index in [-0.39, 0.29) is 30.9 Å². The van der Waals surface area contributed by atoms with E-state index in [4.69, 9.17) is 0 Å². The van der Waals surface area contributed by atoms with Crippen molar-refractivity contribution in [2.45, 2.75) is 19.9 Å². The molecular weight excluding hydrogens is 304 g/mol. The highest BCUT2D eigenvalue weighted by Gasteiger charge is 2.28. The van der Waals surface area contributed by atoms with Gasteiger partial charge >= 0.3 is 0 Å². The number of amides is 1. The van der Waals surface area contributed by atoms with E-state index in [1.54, 1.807) is 18.7 Å². The first-order valence-electron chi connectivity index (χ1n) is 6.44. The van der Waals surface area contributed by atoms with Gasteiger partial charge in [0, 0.05) is 46.3 Å². The number of carbonyl (C=O) groups is 1. The van der Waals surface area contributed by atoms with Crippen molar-refractivity contribution in [1.29, 1.82) is 0 Å². The molecule has 7 nitrogen and oxygen atoms in total. The van der Waals surface area contributed by atoms with Gasteiger partial charge in [-0.2, -0.15) is 17.0 Å². The summed E-state index contributed by atoms with van der Waals surface area (Å²) >= 11 is 0. The number of halogens is 1. The van der Waals surface area contributed by atoms with Crippen LogP contribution in [-0.4, -0.2) is 80.7 Å². The number of carbonyl (C=O) groups excluding carboxylic acids is 1. The molecule has 1 heterocycles. The number of rotatable bonds is 5. The summed E-state index contributed by atoms with van der Waals surface area (Å²) in [5.41, 5.74) is 0. The summed E-state index contributed by atoms with van der Waals surface area (Å²) in [6.07, 6.45) is 0. The maximum Gasteiger partial charge on any atom is 0.282 e. The molecule has 0 saturated carbocycles. The molecule has 1 amide bonds. The second-order valence-electron chi connectivity index (χ2n) is 5.00. The monoisotopic (exact) mass is 328 g/mol. The zero-order chi connectivity index (χ0) is 14.6. The second-order valence-corrected chi connectivity index (χ2v) is 7.10. The van der Waals surface area contributed by atoms with E-state index in [1.807, 2.05) is 0 Å². The topological polar surface area (TPSA) is 73.0 Å². The number of hydrogen-bond donors (Lipinski definition) is 1. The molecule has 1 N–H and O–H groups in total. The third-order valence-electron chi connectivity index (χ3n) is 3.31. The summed E-state index contributed by atoms with van der Waals surface area (Å²) < 4.78 is 26.7. The quantitative estimate of drug-likeness (QED) is 0.728. The van der Waals surface area contributed by atoms with Crippen molar-refractivity contribution in [2.75, 3.05) is 46.8 Å². The lowest BCUT2D eigenvalue weighted by Gasteiger charge is -2.31. The van der Waals surface area contributed by atoms with Gasteiger partial charge in [0.2, 0.25) is 5.91 Å². The van der Waals surface area contributed by atoms with Crippen LogP contribution in [-0.2, 0) is 15.0 Å². The highest BCUT2D eigenvalue weighted by Crippen LogP contribution is 2.08. The van der Waals surface area contributed by atoms with Gasteiger partial charge in [0.05, 0.1) is 6.54 Å². The Balaban J connectivity index is 0.00000361. The zero-order valence-corrected chi connectivity index (χ0v) is 14.1. The minimum absolute atomic E-state index is 0. The summed E-state index contributed by atoms with van der Waals surface area (Å²) in [7, 11) is -0.610. The molecule has 1 rings (SSSR count). The Labute approximate surface area is 127 Å². The van der Waals surface area contributed by atoms with Crippen LogP contribution in [0.4, 0.5) is 0 Å². The van der Waals surface area contributed by atoms with Crippen LogP contribution in [0.2, 0.25) is 0 Å². The molecule has 0 radical (unpaired) electrons. The lowest BCUT2D eigenvalue weighted by atomic mass is 10.3. The summed E-state index contributed by atoms with van der Waals surface area (Å²) in [5, 5.41) is 3.15. The van der Waals surface area contributed by atoms with Crippen LogP contribution in [0.3, 0.4) is 0 Å². The smallest absolute Gasteiger partial charge is 0.282 e. The maximum atomic E-state index is 12.2.